The summed E-state index contributed by atoms with van der Waals surface area (Å²) in [6.07, 6.45) is 2.86. The standard InChI is InChI=1S/C21H20Cl2N4O3S/c1-13(2)27(19-6-4-5-9-24-19)21(28)20-18(11-15(22)12-25-20)26-31(29,30)16-7-8-17(23)14(3)10-16/h4-13,26H,1-3H3. The fraction of sp³-hybridized carbons (Fsp3) is 0.190. The molecule has 3 rings (SSSR count). The van der Waals surface area contributed by atoms with Crippen LogP contribution < -0.4 is 9.62 Å². The molecular weight excluding hydrogens is 459 g/mol. The van der Waals surface area contributed by atoms with E-state index >= 15 is 0 Å². The number of carbonyl (C=O) groups is 1. The van der Waals surface area contributed by atoms with Gasteiger partial charge in [0, 0.05) is 23.5 Å². The fourth-order valence-corrected chi connectivity index (χ4v) is 4.31. The van der Waals surface area contributed by atoms with Gasteiger partial charge in [-0.2, -0.15) is 0 Å². The molecule has 0 saturated heterocycles. The van der Waals surface area contributed by atoms with Crippen LogP contribution in [-0.2, 0) is 10.0 Å². The molecule has 162 valence electrons. The molecule has 0 aliphatic carbocycles. The summed E-state index contributed by atoms with van der Waals surface area (Å²) in [5.74, 6) is -0.100. The Bertz CT molecular complexity index is 1220. The maximum absolute atomic E-state index is 13.4. The number of pyridine rings is 2. The number of nitrogens with zero attached hydrogens (tertiary/aromatic N) is 3. The Hall–Kier alpha value is -2.68. The number of hydrogen-bond donors (Lipinski definition) is 1. The number of anilines is 2. The van der Waals surface area contributed by atoms with Gasteiger partial charge in [-0.05, 0) is 62.7 Å². The molecule has 0 aliphatic heterocycles. The van der Waals surface area contributed by atoms with Crippen LogP contribution >= 0.6 is 23.2 Å². The lowest BCUT2D eigenvalue weighted by atomic mass is 10.2. The highest BCUT2D eigenvalue weighted by Gasteiger charge is 2.27. The third kappa shape index (κ3) is 5.15. The Morgan fingerprint density at radius 1 is 1.10 bits per heavy atom. The van der Waals surface area contributed by atoms with Gasteiger partial charge in [0.15, 0.2) is 5.69 Å². The van der Waals surface area contributed by atoms with Crippen molar-refractivity contribution < 1.29 is 13.2 Å². The Morgan fingerprint density at radius 2 is 1.84 bits per heavy atom. The van der Waals surface area contributed by atoms with Crippen molar-refractivity contribution >= 4 is 50.6 Å². The molecule has 2 aromatic heterocycles. The molecule has 0 aliphatic rings. The molecule has 1 N–H and O–H groups in total. The van der Waals surface area contributed by atoms with Crippen molar-refractivity contribution in [2.75, 3.05) is 9.62 Å². The molecule has 7 nitrogen and oxygen atoms in total. The number of hydrogen-bond acceptors (Lipinski definition) is 5. The van der Waals surface area contributed by atoms with Gasteiger partial charge in [-0.15, -0.1) is 0 Å². The summed E-state index contributed by atoms with van der Waals surface area (Å²) in [6, 6.07) is 10.6. The lowest BCUT2D eigenvalue weighted by Gasteiger charge is -2.26. The van der Waals surface area contributed by atoms with Crippen LogP contribution in [0, 0.1) is 6.92 Å². The molecule has 31 heavy (non-hydrogen) atoms. The van der Waals surface area contributed by atoms with Crippen molar-refractivity contribution in [3.63, 3.8) is 0 Å². The number of benzene rings is 1. The van der Waals surface area contributed by atoms with E-state index in [-0.39, 0.29) is 27.3 Å². The first-order valence-corrected chi connectivity index (χ1v) is 11.5. The van der Waals surface area contributed by atoms with Crippen molar-refractivity contribution in [2.24, 2.45) is 0 Å². The van der Waals surface area contributed by atoms with Gasteiger partial charge >= 0.3 is 0 Å². The highest BCUT2D eigenvalue weighted by atomic mass is 35.5. The number of aryl methyl sites for hydroxylation is 1. The molecule has 0 fully saturated rings. The first-order valence-electron chi connectivity index (χ1n) is 9.29. The van der Waals surface area contributed by atoms with Crippen molar-refractivity contribution in [1.82, 2.24) is 9.97 Å². The van der Waals surface area contributed by atoms with Gasteiger partial charge in [-0.25, -0.2) is 18.4 Å². The average molecular weight is 479 g/mol. The van der Waals surface area contributed by atoms with Crippen LogP contribution in [0.15, 0.2) is 59.8 Å². The zero-order chi connectivity index (χ0) is 22.8. The summed E-state index contributed by atoms with van der Waals surface area (Å²) in [5.41, 5.74) is 0.468. The topological polar surface area (TPSA) is 92.3 Å². The fourth-order valence-electron chi connectivity index (χ4n) is 2.89. The molecule has 0 spiro atoms. The highest BCUT2D eigenvalue weighted by molar-refractivity contribution is 7.92. The SMILES string of the molecule is Cc1cc(S(=O)(=O)Nc2cc(Cl)cnc2C(=O)N(c2ccccn2)C(C)C)ccc1Cl. The largest absolute Gasteiger partial charge is 0.289 e. The number of nitrogens with one attached hydrogen (secondary N) is 1. The van der Waals surface area contributed by atoms with Gasteiger partial charge in [0.2, 0.25) is 0 Å². The highest BCUT2D eigenvalue weighted by Crippen LogP contribution is 2.27. The first kappa shape index (κ1) is 23.0. The molecule has 1 aromatic carbocycles. The van der Waals surface area contributed by atoms with Gasteiger partial charge in [0.25, 0.3) is 15.9 Å². The van der Waals surface area contributed by atoms with Crippen LogP contribution in [0.3, 0.4) is 0 Å². The van der Waals surface area contributed by atoms with Crippen LogP contribution in [0.5, 0.6) is 0 Å². The number of halogens is 2. The number of amides is 1. The number of aromatic nitrogens is 2. The van der Waals surface area contributed by atoms with Gasteiger partial charge in [-0.1, -0.05) is 29.3 Å². The number of sulfonamides is 1. The average Bonchev–Trinajstić information content (AvgIpc) is 2.70. The van der Waals surface area contributed by atoms with E-state index in [9.17, 15) is 13.2 Å². The third-order valence-electron chi connectivity index (χ3n) is 4.37. The van der Waals surface area contributed by atoms with Crippen LogP contribution in [0.4, 0.5) is 11.5 Å². The van der Waals surface area contributed by atoms with Crippen LogP contribution in [-0.4, -0.2) is 30.3 Å². The van der Waals surface area contributed by atoms with Crippen molar-refractivity contribution in [3.05, 3.63) is 76.2 Å². The molecule has 0 unspecified atom stereocenters. The minimum atomic E-state index is -4.03. The molecule has 1 amide bonds. The molecule has 2 heterocycles. The van der Waals surface area contributed by atoms with Crippen LogP contribution in [0.25, 0.3) is 0 Å². The summed E-state index contributed by atoms with van der Waals surface area (Å²) < 4.78 is 28.4. The molecule has 0 atom stereocenters. The van der Waals surface area contributed by atoms with Crippen molar-refractivity contribution in [2.45, 2.75) is 31.7 Å². The molecule has 10 heteroatoms. The first-order chi connectivity index (χ1) is 14.6. The lowest BCUT2D eigenvalue weighted by molar-refractivity contribution is 0.0975. The zero-order valence-electron chi connectivity index (χ0n) is 17.0. The second kappa shape index (κ2) is 9.21. The quantitative estimate of drug-likeness (QED) is 0.540. The van der Waals surface area contributed by atoms with E-state index in [1.165, 1.54) is 35.4 Å². The molecule has 3 aromatic rings. The summed E-state index contributed by atoms with van der Waals surface area (Å²) in [5, 5.41) is 0.623. The summed E-state index contributed by atoms with van der Waals surface area (Å²) >= 11 is 12.1. The van der Waals surface area contributed by atoms with Crippen molar-refractivity contribution in [1.29, 1.82) is 0 Å². The molecular formula is C21H20Cl2N4O3S. The van der Waals surface area contributed by atoms with E-state index in [1.807, 2.05) is 13.8 Å². The molecule has 0 radical (unpaired) electrons. The van der Waals surface area contributed by atoms with Crippen LogP contribution in [0.2, 0.25) is 10.0 Å². The molecule has 0 bridgehead atoms. The maximum atomic E-state index is 13.4. The summed E-state index contributed by atoms with van der Waals surface area (Å²) in [7, 11) is -4.03. The Kier molecular flexibility index (Phi) is 6.83. The second-order valence-electron chi connectivity index (χ2n) is 7.02. The van der Waals surface area contributed by atoms with Gasteiger partial charge in [0.05, 0.1) is 15.6 Å². The van der Waals surface area contributed by atoms with Gasteiger partial charge in [-0.3, -0.25) is 14.4 Å². The van der Waals surface area contributed by atoms with E-state index in [4.69, 9.17) is 23.2 Å². The Labute approximate surface area is 191 Å². The minimum Gasteiger partial charge on any atom is -0.289 e. The smallest absolute Gasteiger partial charge is 0.280 e. The third-order valence-corrected chi connectivity index (χ3v) is 6.37. The van der Waals surface area contributed by atoms with E-state index in [1.54, 1.807) is 31.3 Å². The predicted molar refractivity (Wildman–Crippen MR) is 122 cm³/mol. The minimum absolute atomic E-state index is 0.00165. The van der Waals surface area contributed by atoms with Gasteiger partial charge in [0.1, 0.15) is 5.82 Å². The van der Waals surface area contributed by atoms with E-state index in [0.717, 1.165) is 0 Å². The molecule has 0 saturated carbocycles. The Balaban J connectivity index is 2.04. The van der Waals surface area contributed by atoms with Crippen LogP contribution in [0.1, 0.15) is 29.9 Å². The van der Waals surface area contributed by atoms with Crippen molar-refractivity contribution in [3.8, 4) is 0 Å². The number of rotatable bonds is 6. The van der Waals surface area contributed by atoms with Gasteiger partial charge < -0.3 is 0 Å². The van der Waals surface area contributed by atoms with E-state index in [2.05, 4.69) is 14.7 Å². The monoisotopic (exact) mass is 478 g/mol. The van der Waals surface area contributed by atoms with E-state index in [0.29, 0.717) is 16.4 Å². The maximum Gasteiger partial charge on any atom is 0.280 e. The number of carbonyl (C=O) groups excluding carboxylic acids is 1. The van der Waals surface area contributed by atoms with E-state index < -0.39 is 15.9 Å². The Morgan fingerprint density at radius 3 is 2.45 bits per heavy atom. The predicted octanol–water partition coefficient (Wildman–Crippen LogP) is 4.95. The summed E-state index contributed by atoms with van der Waals surface area (Å²) in [4.78, 5) is 23.1. The lowest BCUT2D eigenvalue weighted by Crippen LogP contribution is -2.38. The second-order valence-corrected chi connectivity index (χ2v) is 9.55. The normalized spacial score (nSPS) is 11.4. The zero-order valence-corrected chi connectivity index (χ0v) is 19.3. The summed E-state index contributed by atoms with van der Waals surface area (Å²) in [6.45, 7) is 5.34.